The van der Waals surface area contributed by atoms with Crippen LogP contribution in [0.15, 0.2) is 24.4 Å². The van der Waals surface area contributed by atoms with Crippen molar-refractivity contribution >= 4 is 17.4 Å². The highest BCUT2D eigenvalue weighted by Gasteiger charge is 2.28. The molecule has 0 saturated carbocycles. The van der Waals surface area contributed by atoms with Gasteiger partial charge in [0.2, 0.25) is 5.91 Å². The molecule has 1 aliphatic rings. The summed E-state index contributed by atoms with van der Waals surface area (Å²) in [6.07, 6.45) is 5.62. The highest BCUT2D eigenvalue weighted by atomic mass is 16.2. The minimum absolute atomic E-state index is 0.0294. The first-order valence-electron chi connectivity index (χ1n) is 9.42. The van der Waals surface area contributed by atoms with E-state index in [1.165, 1.54) is 0 Å². The van der Waals surface area contributed by atoms with E-state index in [1.54, 1.807) is 0 Å². The van der Waals surface area contributed by atoms with Crippen molar-refractivity contribution in [2.75, 3.05) is 18.4 Å². The van der Waals surface area contributed by atoms with Gasteiger partial charge in [-0.15, -0.1) is 0 Å². The lowest BCUT2D eigenvalue weighted by molar-refractivity contribution is -0.132. The van der Waals surface area contributed by atoms with Crippen molar-refractivity contribution in [2.24, 2.45) is 0 Å². The number of carbonyl (C=O) groups excluding carboxylic acids is 1. The van der Waals surface area contributed by atoms with Crippen molar-refractivity contribution in [3.63, 3.8) is 0 Å². The summed E-state index contributed by atoms with van der Waals surface area (Å²) >= 11 is 0. The normalized spacial score (nSPS) is 16.4. The van der Waals surface area contributed by atoms with Gasteiger partial charge in [-0.1, -0.05) is 13.0 Å². The van der Waals surface area contributed by atoms with Crippen LogP contribution in [-0.2, 0) is 4.79 Å². The number of anilines is 1. The third kappa shape index (κ3) is 3.97. The SMILES string of the molecule is CCCC(=O)N1CCC(c2nc3ccccn3c2NC(C)(C)C)CC1. The van der Waals surface area contributed by atoms with Crippen LogP contribution >= 0.6 is 0 Å². The van der Waals surface area contributed by atoms with Crippen LogP contribution in [0.25, 0.3) is 5.65 Å². The number of pyridine rings is 1. The maximum Gasteiger partial charge on any atom is 0.222 e. The number of rotatable bonds is 4. The van der Waals surface area contributed by atoms with Gasteiger partial charge in [-0.2, -0.15) is 0 Å². The van der Waals surface area contributed by atoms with Crippen LogP contribution < -0.4 is 5.32 Å². The van der Waals surface area contributed by atoms with E-state index in [9.17, 15) is 4.79 Å². The van der Waals surface area contributed by atoms with E-state index in [0.717, 1.165) is 49.5 Å². The first-order chi connectivity index (χ1) is 11.9. The minimum atomic E-state index is -0.0294. The molecule has 1 amide bonds. The second kappa shape index (κ2) is 7.06. The second-order valence-electron chi connectivity index (χ2n) is 8.05. The van der Waals surface area contributed by atoms with E-state index in [0.29, 0.717) is 18.2 Å². The van der Waals surface area contributed by atoms with Crippen LogP contribution in [-0.4, -0.2) is 38.8 Å². The Bertz CT molecular complexity index is 736. The third-order valence-electron chi connectivity index (χ3n) is 4.75. The minimum Gasteiger partial charge on any atom is -0.365 e. The topological polar surface area (TPSA) is 49.6 Å². The number of nitrogens with one attached hydrogen (secondary N) is 1. The summed E-state index contributed by atoms with van der Waals surface area (Å²) in [7, 11) is 0. The molecule has 2 aromatic rings. The van der Waals surface area contributed by atoms with Gasteiger partial charge in [0.1, 0.15) is 11.5 Å². The molecule has 1 N–H and O–H groups in total. The van der Waals surface area contributed by atoms with E-state index in [4.69, 9.17) is 4.98 Å². The zero-order chi connectivity index (χ0) is 18.0. The van der Waals surface area contributed by atoms with E-state index in [2.05, 4.69) is 49.7 Å². The molecule has 1 aliphatic heterocycles. The Morgan fingerprint density at radius 3 is 2.64 bits per heavy atom. The molecule has 0 atom stereocenters. The van der Waals surface area contributed by atoms with Crippen LogP contribution in [0, 0.1) is 0 Å². The molecule has 0 bridgehead atoms. The Morgan fingerprint density at radius 2 is 2.00 bits per heavy atom. The standard InChI is InChI=1S/C20H30N4O/c1-5-8-17(25)23-13-10-15(11-14-23)18-19(22-20(2,3)4)24-12-7-6-9-16(24)21-18/h6-7,9,12,15,22H,5,8,10-11,13-14H2,1-4H3. The van der Waals surface area contributed by atoms with Crippen molar-refractivity contribution < 1.29 is 4.79 Å². The van der Waals surface area contributed by atoms with Gasteiger partial charge in [0.05, 0.1) is 5.69 Å². The maximum absolute atomic E-state index is 12.1. The molecule has 0 aliphatic carbocycles. The van der Waals surface area contributed by atoms with Gasteiger partial charge in [0.25, 0.3) is 0 Å². The predicted octanol–water partition coefficient (Wildman–Crippen LogP) is 4.05. The monoisotopic (exact) mass is 342 g/mol. The number of carbonyl (C=O) groups is 1. The van der Waals surface area contributed by atoms with Crippen LogP contribution in [0.3, 0.4) is 0 Å². The summed E-state index contributed by atoms with van der Waals surface area (Å²) in [6.45, 7) is 10.3. The first-order valence-corrected chi connectivity index (χ1v) is 9.42. The van der Waals surface area contributed by atoms with Crippen molar-refractivity contribution in [1.29, 1.82) is 0 Å². The first kappa shape index (κ1) is 17.8. The maximum atomic E-state index is 12.1. The van der Waals surface area contributed by atoms with Gasteiger partial charge in [-0.25, -0.2) is 4.98 Å². The van der Waals surface area contributed by atoms with Gasteiger partial charge in [0.15, 0.2) is 0 Å². The Hall–Kier alpha value is -2.04. The quantitative estimate of drug-likeness (QED) is 0.912. The lowest BCUT2D eigenvalue weighted by Gasteiger charge is -2.32. The summed E-state index contributed by atoms with van der Waals surface area (Å²) in [4.78, 5) is 19.1. The number of piperidine rings is 1. The summed E-state index contributed by atoms with van der Waals surface area (Å²) < 4.78 is 2.15. The summed E-state index contributed by atoms with van der Waals surface area (Å²) in [5.41, 5.74) is 2.09. The molecule has 3 heterocycles. The van der Waals surface area contributed by atoms with Crippen molar-refractivity contribution in [3.05, 3.63) is 30.1 Å². The molecule has 136 valence electrons. The van der Waals surface area contributed by atoms with E-state index >= 15 is 0 Å². The van der Waals surface area contributed by atoms with Crippen molar-refractivity contribution in [3.8, 4) is 0 Å². The molecule has 5 heteroatoms. The van der Waals surface area contributed by atoms with Crippen LogP contribution in [0.5, 0.6) is 0 Å². The fourth-order valence-corrected chi connectivity index (χ4v) is 3.55. The second-order valence-corrected chi connectivity index (χ2v) is 8.05. The molecule has 5 nitrogen and oxygen atoms in total. The molecular formula is C20H30N4O. The molecule has 0 unspecified atom stereocenters. The van der Waals surface area contributed by atoms with Crippen LogP contribution in [0.1, 0.15) is 65.0 Å². The molecule has 2 aromatic heterocycles. The Morgan fingerprint density at radius 1 is 1.28 bits per heavy atom. The molecule has 3 rings (SSSR count). The molecule has 0 spiro atoms. The summed E-state index contributed by atoms with van der Waals surface area (Å²) in [6, 6.07) is 6.12. The fourth-order valence-electron chi connectivity index (χ4n) is 3.55. The van der Waals surface area contributed by atoms with Gasteiger partial charge >= 0.3 is 0 Å². The highest BCUT2D eigenvalue weighted by molar-refractivity contribution is 5.76. The van der Waals surface area contributed by atoms with Crippen LogP contribution in [0.2, 0.25) is 0 Å². The van der Waals surface area contributed by atoms with Gasteiger partial charge in [-0.3, -0.25) is 9.20 Å². The van der Waals surface area contributed by atoms with E-state index in [1.807, 2.05) is 17.0 Å². The molecule has 1 saturated heterocycles. The Kier molecular flexibility index (Phi) is 5.02. The fraction of sp³-hybridized carbons (Fsp3) is 0.600. The number of likely N-dealkylation sites (tertiary alicyclic amines) is 1. The number of nitrogens with zero attached hydrogens (tertiary/aromatic N) is 3. The van der Waals surface area contributed by atoms with E-state index in [-0.39, 0.29) is 5.54 Å². The molecule has 25 heavy (non-hydrogen) atoms. The Balaban J connectivity index is 1.84. The van der Waals surface area contributed by atoms with Crippen molar-refractivity contribution in [1.82, 2.24) is 14.3 Å². The zero-order valence-electron chi connectivity index (χ0n) is 15.9. The van der Waals surface area contributed by atoms with Gasteiger partial charge in [-0.05, 0) is 52.2 Å². The lowest BCUT2D eigenvalue weighted by atomic mass is 9.92. The smallest absolute Gasteiger partial charge is 0.222 e. The zero-order valence-corrected chi connectivity index (χ0v) is 15.9. The van der Waals surface area contributed by atoms with E-state index < -0.39 is 0 Å². The average Bonchev–Trinajstić information content (AvgIpc) is 2.92. The summed E-state index contributed by atoms with van der Waals surface area (Å²) in [5, 5.41) is 3.64. The predicted molar refractivity (Wildman–Crippen MR) is 102 cm³/mol. The molecule has 0 aromatic carbocycles. The molecular weight excluding hydrogens is 312 g/mol. The van der Waals surface area contributed by atoms with Gasteiger partial charge < -0.3 is 10.2 Å². The highest BCUT2D eigenvalue weighted by Crippen LogP contribution is 2.34. The number of imidazole rings is 1. The number of hydrogen-bond acceptors (Lipinski definition) is 3. The van der Waals surface area contributed by atoms with Gasteiger partial charge in [0, 0.05) is 37.2 Å². The summed E-state index contributed by atoms with van der Waals surface area (Å²) in [5.74, 6) is 1.79. The number of aromatic nitrogens is 2. The largest absolute Gasteiger partial charge is 0.365 e. The average molecular weight is 342 g/mol. The third-order valence-corrected chi connectivity index (χ3v) is 4.75. The van der Waals surface area contributed by atoms with Crippen LogP contribution in [0.4, 0.5) is 5.82 Å². The van der Waals surface area contributed by atoms with Crippen molar-refractivity contribution in [2.45, 2.75) is 64.8 Å². The molecule has 0 radical (unpaired) electrons. The number of amides is 1. The number of hydrogen-bond donors (Lipinski definition) is 1. The Labute approximate surface area is 150 Å². The number of fused-ring (bicyclic) bond motifs is 1. The lowest BCUT2D eigenvalue weighted by Crippen LogP contribution is -2.38. The molecule has 1 fully saturated rings.